The predicted octanol–water partition coefficient (Wildman–Crippen LogP) is 2.95. The molecule has 9 heteroatoms. The van der Waals surface area contributed by atoms with Crippen LogP contribution in [0.2, 0.25) is 0 Å². The summed E-state index contributed by atoms with van der Waals surface area (Å²) in [4.78, 5) is 15.1. The maximum Gasteiger partial charge on any atom is 0.269 e. The highest BCUT2D eigenvalue weighted by Crippen LogP contribution is 2.24. The highest BCUT2D eigenvalue weighted by Gasteiger charge is 2.10. The van der Waals surface area contributed by atoms with E-state index in [1.165, 1.54) is 47.9 Å². The van der Waals surface area contributed by atoms with Crippen LogP contribution in [-0.4, -0.2) is 33.1 Å². The fraction of sp³-hybridized carbons (Fsp3) is 0.0588. The van der Waals surface area contributed by atoms with Gasteiger partial charge in [0.2, 0.25) is 4.80 Å². The van der Waals surface area contributed by atoms with E-state index in [4.69, 9.17) is 0 Å². The van der Waals surface area contributed by atoms with Crippen molar-refractivity contribution in [3.8, 4) is 22.8 Å². The second kappa shape index (κ2) is 7.19. The second-order valence-corrected chi connectivity index (χ2v) is 6.07. The molecule has 3 aromatic rings. The van der Waals surface area contributed by atoms with Crippen LogP contribution in [0.5, 0.6) is 11.5 Å². The summed E-state index contributed by atoms with van der Waals surface area (Å²) in [5.74, 6) is -0.143. The minimum Gasteiger partial charge on any atom is -0.508 e. The van der Waals surface area contributed by atoms with Gasteiger partial charge < -0.3 is 10.2 Å². The van der Waals surface area contributed by atoms with Gasteiger partial charge in [0.15, 0.2) is 0 Å². The van der Waals surface area contributed by atoms with Crippen LogP contribution in [0.4, 0.5) is 5.69 Å². The molecule has 0 bridgehead atoms. The zero-order chi connectivity index (χ0) is 18.7. The summed E-state index contributed by atoms with van der Waals surface area (Å²) >= 11 is 1.37. The van der Waals surface area contributed by atoms with E-state index in [9.17, 15) is 20.3 Å². The van der Waals surface area contributed by atoms with Gasteiger partial charge in [-0.25, -0.2) is 4.68 Å². The van der Waals surface area contributed by atoms with E-state index in [-0.39, 0.29) is 17.2 Å². The Morgan fingerprint density at radius 2 is 1.92 bits per heavy atom. The van der Waals surface area contributed by atoms with Gasteiger partial charge in [0.05, 0.1) is 16.8 Å². The molecule has 2 N–H and O–H groups in total. The number of non-ortho nitro benzene ring substituents is 1. The second-order valence-electron chi connectivity index (χ2n) is 5.23. The Labute approximate surface area is 151 Å². The minimum atomic E-state index is -0.454. The maximum atomic E-state index is 10.8. The van der Waals surface area contributed by atoms with Crippen molar-refractivity contribution in [3.63, 3.8) is 0 Å². The smallest absolute Gasteiger partial charge is 0.269 e. The van der Waals surface area contributed by atoms with Gasteiger partial charge in [-0.05, 0) is 24.3 Å². The van der Waals surface area contributed by atoms with E-state index >= 15 is 0 Å². The maximum absolute atomic E-state index is 10.8. The van der Waals surface area contributed by atoms with Crippen molar-refractivity contribution in [2.75, 3.05) is 7.05 Å². The average molecular weight is 370 g/mol. The summed E-state index contributed by atoms with van der Waals surface area (Å²) in [7, 11) is 1.63. The average Bonchev–Trinajstić information content (AvgIpc) is 3.04. The lowest BCUT2D eigenvalue weighted by Crippen LogP contribution is -2.11. The molecule has 0 radical (unpaired) electrons. The van der Waals surface area contributed by atoms with Gasteiger partial charge >= 0.3 is 0 Å². The first-order valence-electron chi connectivity index (χ1n) is 7.44. The van der Waals surface area contributed by atoms with Crippen molar-refractivity contribution in [2.24, 2.45) is 10.1 Å². The van der Waals surface area contributed by atoms with Crippen molar-refractivity contribution >= 4 is 23.2 Å². The van der Waals surface area contributed by atoms with Crippen LogP contribution >= 0.6 is 11.3 Å². The number of hydrogen-bond acceptors (Lipinski definition) is 7. The van der Waals surface area contributed by atoms with Gasteiger partial charge in [0, 0.05) is 41.8 Å². The quantitative estimate of drug-likeness (QED) is 0.417. The molecule has 3 rings (SSSR count). The van der Waals surface area contributed by atoms with Crippen molar-refractivity contribution in [1.82, 2.24) is 4.68 Å². The molecule has 0 atom stereocenters. The van der Waals surface area contributed by atoms with Crippen molar-refractivity contribution in [2.45, 2.75) is 0 Å². The number of aromatic nitrogens is 1. The Bertz CT molecular complexity index is 1050. The molecule has 0 unspecified atom stereocenters. The van der Waals surface area contributed by atoms with E-state index in [0.29, 0.717) is 16.1 Å². The number of nitro groups is 1. The summed E-state index contributed by atoms with van der Waals surface area (Å²) in [6.45, 7) is 0. The number of nitro benzene ring substituents is 1. The molecule has 0 fully saturated rings. The predicted molar refractivity (Wildman–Crippen MR) is 98.6 cm³/mol. The van der Waals surface area contributed by atoms with Crippen LogP contribution in [-0.2, 0) is 0 Å². The third-order valence-corrected chi connectivity index (χ3v) is 4.48. The molecule has 0 aliphatic rings. The number of phenols is 2. The third-order valence-electron chi connectivity index (χ3n) is 3.58. The van der Waals surface area contributed by atoms with Gasteiger partial charge in [0.1, 0.15) is 11.5 Å². The molecular formula is C17H14N4O4S. The first-order valence-corrected chi connectivity index (χ1v) is 8.32. The van der Waals surface area contributed by atoms with E-state index in [1.54, 1.807) is 23.9 Å². The first kappa shape index (κ1) is 17.4. The van der Waals surface area contributed by atoms with E-state index in [2.05, 4.69) is 10.1 Å². The molecule has 0 amide bonds. The fourth-order valence-corrected chi connectivity index (χ4v) is 3.08. The van der Waals surface area contributed by atoms with Crippen LogP contribution in [0, 0.1) is 10.1 Å². The summed E-state index contributed by atoms with van der Waals surface area (Å²) in [6, 6.07) is 10.3. The van der Waals surface area contributed by atoms with Crippen LogP contribution in [0.1, 0.15) is 5.56 Å². The first-order chi connectivity index (χ1) is 12.5. The van der Waals surface area contributed by atoms with Crippen LogP contribution in [0.15, 0.2) is 57.9 Å². The van der Waals surface area contributed by atoms with Crippen molar-refractivity contribution < 1.29 is 15.1 Å². The molecule has 2 aromatic carbocycles. The molecule has 26 heavy (non-hydrogen) atoms. The molecule has 132 valence electrons. The lowest BCUT2D eigenvalue weighted by molar-refractivity contribution is -0.384. The molecule has 8 nitrogen and oxygen atoms in total. The number of rotatable bonds is 4. The van der Waals surface area contributed by atoms with Crippen molar-refractivity contribution in [1.29, 1.82) is 0 Å². The summed E-state index contributed by atoms with van der Waals surface area (Å²) in [5, 5.41) is 36.2. The Morgan fingerprint density at radius 1 is 1.19 bits per heavy atom. The highest BCUT2D eigenvalue weighted by molar-refractivity contribution is 7.07. The Hall–Kier alpha value is -3.46. The van der Waals surface area contributed by atoms with E-state index < -0.39 is 4.92 Å². The number of benzene rings is 2. The van der Waals surface area contributed by atoms with Gasteiger partial charge in [-0.3, -0.25) is 15.1 Å². The number of hydrogen-bond donors (Lipinski definition) is 2. The fourth-order valence-electron chi connectivity index (χ4n) is 2.28. The molecule has 0 aliphatic carbocycles. The van der Waals surface area contributed by atoms with Gasteiger partial charge in [-0.2, -0.15) is 5.10 Å². The van der Waals surface area contributed by atoms with Gasteiger partial charge in [0.25, 0.3) is 5.69 Å². The van der Waals surface area contributed by atoms with Crippen LogP contribution < -0.4 is 4.80 Å². The molecule has 1 heterocycles. The molecule has 1 aromatic heterocycles. The van der Waals surface area contributed by atoms with Gasteiger partial charge in [-0.1, -0.05) is 0 Å². The zero-order valence-corrected chi connectivity index (χ0v) is 14.4. The Morgan fingerprint density at radius 3 is 2.54 bits per heavy atom. The molecule has 0 saturated carbocycles. The zero-order valence-electron chi connectivity index (χ0n) is 13.6. The summed E-state index contributed by atoms with van der Waals surface area (Å²) in [6.07, 6.45) is 1.45. The molecule has 0 aliphatic heterocycles. The van der Waals surface area contributed by atoms with E-state index in [1.807, 2.05) is 5.38 Å². The Balaban J connectivity index is 2.03. The lowest BCUT2D eigenvalue weighted by atomic mass is 10.1. The largest absolute Gasteiger partial charge is 0.508 e. The summed E-state index contributed by atoms with van der Waals surface area (Å²) < 4.78 is 1.58. The van der Waals surface area contributed by atoms with Crippen molar-refractivity contribution in [3.05, 3.63) is 68.3 Å². The van der Waals surface area contributed by atoms with Crippen LogP contribution in [0.3, 0.4) is 0 Å². The minimum absolute atomic E-state index is 0.00782. The monoisotopic (exact) mass is 370 g/mol. The summed E-state index contributed by atoms with van der Waals surface area (Å²) in [5.41, 5.74) is 1.89. The third kappa shape index (κ3) is 3.47. The number of aromatic hydroxyl groups is 2. The van der Waals surface area contributed by atoms with Crippen LogP contribution in [0.25, 0.3) is 11.3 Å². The molecular weight excluding hydrogens is 356 g/mol. The number of thiazole rings is 1. The molecule has 0 spiro atoms. The standard InChI is InChI=1S/C17H14N4O4S/c1-18-17-20(19-9-12-4-7-14(22)8-16(12)23)15(10-26-17)11-2-5-13(6-3-11)21(24)25/h2-10,22-23H,1H3. The normalized spacial score (nSPS) is 12.0. The molecule has 0 saturated heterocycles. The lowest BCUT2D eigenvalue weighted by Gasteiger charge is -2.04. The topological polar surface area (TPSA) is 113 Å². The number of phenolic OH excluding ortho intramolecular Hbond substituents is 2. The highest BCUT2D eigenvalue weighted by atomic mass is 32.1. The van der Waals surface area contributed by atoms with Gasteiger partial charge in [-0.15, -0.1) is 11.3 Å². The SMILES string of the molecule is CN=c1scc(-c2ccc([N+](=O)[O-])cc2)n1N=Cc1ccc(O)cc1O. The number of nitrogens with zero attached hydrogens (tertiary/aromatic N) is 4. The Kier molecular flexibility index (Phi) is 4.81. The van der Waals surface area contributed by atoms with E-state index in [0.717, 1.165) is 5.56 Å².